The highest BCUT2D eigenvalue weighted by atomic mass is 35.5. The molecule has 2 aromatic rings. The van der Waals surface area contributed by atoms with Gasteiger partial charge in [0, 0.05) is 44.0 Å². The van der Waals surface area contributed by atoms with Crippen LogP contribution in [0.3, 0.4) is 0 Å². The number of nitro benzene ring substituents is 1. The third-order valence-electron chi connectivity index (χ3n) is 6.53. The fraction of sp³-hybridized carbons (Fsp3) is 0.455. The largest absolute Gasteiger partial charge is 0.366 e. The smallest absolute Gasteiger partial charge is 0.271 e. The van der Waals surface area contributed by atoms with Crippen molar-refractivity contribution < 1.29 is 9.41 Å². The second-order valence-corrected chi connectivity index (χ2v) is 8.67. The number of nitrogens with zero attached hydrogens (tertiary/aromatic N) is 6. The SMILES string of the molecule is CCN(CC[N+]12CCN(CC1)CC2)c1ccc(/N=N/c2ccc([N+](=O)[O-])cc2Cl)cc1. The van der Waals surface area contributed by atoms with Crippen LogP contribution in [0.4, 0.5) is 22.7 Å². The van der Waals surface area contributed by atoms with Crippen LogP contribution in [0.2, 0.25) is 5.02 Å². The lowest BCUT2D eigenvalue weighted by atomic mass is 10.1. The van der Waals surface area contributed by atoms with Crippen molar-refractivity contribution in [3.8, 4) is 0 Å². The average molecular weight is 444 g/mol. The van der Waals surface area contributed by atoms with Gasteiger partial charge in [-0.25, -0.2) is 0 Å². The first kappa shape index (κ1) is 21.7. The highest BCUT2D eigenvalue weighted by Gasteiger charge is 2.38. The summed E-state index contributed by atoms with van der Waals surface area (Å²) in [4.78, 5) is 15.3. The normalized spacial score (nSPS) is 22.7. The molecule has 3 saturated heterocycles. The van der Waals surface area contributed by atoms with Gasteiger partial charge in [0.05, 0.1) is 48.4 Å². The summed E-state index contributed by atoms with van der Waals surface area (Å²) in [7, 11) is 0. The summed E-state index contributed by atoms with van der Waals surface area (Å²) in [6.45, 7) is 13.0. The molecule has 2 bridgehead atoms. The van der Waals surface area contributed by atoms with Crippen LogP contribution in [0.5, 0.6) is 0 Å². The number of halogens is 1. The maximum absolute atomic E-state index is 10.8. The van der Waals surface area contributed by atoms with Crippen LogP contribution in [-0.2, 0) is 0 Å². The van der Waals surface area contributed by atoms with Crippen molar-refractivity contribution in [1.29, 1.82) is 0 Å². The number of benzene rings is 2. The quantitative estimate of drug-likeness (QED) is 0.258. The standard InChI is InChI=1S/C22H28ClN6O2/c1-2-27(12-16-29-13-9-26(10-14-29)11-15-29)19-5-3-18(4-6-19)24-25-22-8-7-20(28(30)31)17-21(22)23/h3-8,17H,2,9-16H2,1H3/q+1/b25-24+. The number of azo groups is 1. The highest BCUT2D eigenvalue weighted by Crippen LogP contribution is 2.31. The van der Waals surface area contributed by atoms with E-state index >= 15 is 0 Å². The number of non-ortho nitro benzene ring substituents is 1. The highest BCUT2D eigenvalue weighted by molar-refractivity contribution is 6.33. The lowest BCUT2D eigenvalue weighted by Gasteiger charge is -2.51. The molecule has 0 aromatic heterocycles. The fourth-order valence-corrected chi connectivity index (χ4v) is 4.61. The van der Waals surface area contributed by atoms with Gasteiger partial charge in [-0.2, -0.15) is 5.11 Å². The lowest BCUT2D eigenvalue weighted by molar-refractivity contribution is -0.939. The molecular formula is C22H28ClN6O2+. The minimum atomic E-state index is -0.485. The van der Waals surface area contributed by atoms with Gasteiger partial charge in [0.1, 0.15) is 5.69 Å². The van der Waals surface area contributed by atoms with E-state index in [2.05, 4.69) is 39.1 Å². The van der Waals surface area contributed by atoms with Crippen LogP contribution < -0.4 is 4.90 Å². The predicted molar refractivity (Wildman–Crippen MR) is 123 cm³/mol. The van der Waals surface area contributed by atoms with Crippen LogP contribution in [-0.4, -0.2) is 73.2 Å². The van der Waals surface area contributed by atoms with Gasteiger partial charge in [0.25, 0.3) is 5.69 Å². The number of anilines is 1. The van der Waals surface area contributed by atoms with Gasteiger partial charge in [0.15, 0.2) is 0 Å². The molecule has 3 aliphatic heterocycles. The number of nitro groups is 1. The second-order valence-electron chi connectivity index (χ2n) is 8.27. The first-order valence-corrected chi connectivity index (χ1v) is 11.1. The molecule has 0 saturated carbocycles. The summed E-state index contributed by atoms with van der Waals surface area (Å²) in [6, 6.07) is 12.2. The molecule has 31 heavy (non-hydrogen) atoms. The number of quaternary nitrogens is 1. The van der Waals surface area contributed by atoms with Gasteiger partial charge in [-0.3, -0.25) is 15.0 Å². The van der Waals surface area contributed by atoms with Crippen molar-refractivity contribution in [1.82, 2.24) is 4.90 Å². The Bertz CT molecular complexity index is 943. The Morgan fingerprint density at radius 3 is 2.35 bits per heavy atom. The van der Waals surface area contributed by atoms with Crippen molar-refractivity contribution in [3.63, 3.8) is 0 Å². The van der Waals surface area contributed by atoms with E-state index in [0.717, 1.165) is 13.1 Å². The molecule has 3 aliphatic rings. The van der Waals surface area contributed by atoms with Gasteiger partial charge < -0.3 is 9.38 Å². The molecule has 0 amide bonds. The molecular weight excluding hydrogens is 416 g/mol. The zero-order valence-corrected chi connectivity index (χ0v) is 18.5. The molecule has 8 nitrogen and oxygen atoms in total. The number of rotatable bonds is 8. The molecule has 3 fully saturated rings. The molecule has 9 heteroatoms. The van der Waals surface area contributed by atoms with E-state index in [4.69, 9.17) is 11.6 Å². The maximum Gasteiger partial charge on any atom is 0.271 e. The van der Waals surface area contributed by atoms with Crippen LogP contribution in [0.1, 0.15) is 6.92 Å². The molecule has 5 rings (SSSR count). The number of fused-ring (bicyclic) bond motifs is 3. The van der Waals surface area contributed by atoms with E-state index < -0.39 is 4.92 Å². The average Bonchev–Trinajstić information content (AvgIpc) is 2.80. The minimum Gasteiger partial charge on any atom is -0.366 e. The predicted octanol–water partition coefficient (Wildman–Crippen LogP) is 4.64. The number of likely N-dealkylation sites (N-methyl/N-ethyl adjacent to an activating group) is 1. The van der Waals surface area contributed by atoms with Crippen molar-refractivity contribution in [2.45, 2.75) is 6.92 Å². The molecule has 2 aromatic carbocycles. The lowest BCUT2D eigenvalue weighted by Crippen LogP contribution is -2.68. The van der Waals surface area contributed by atoms with Crippen LogP contribution in [0.25, 0.3) is 0 Å². The first-order valence-electron chi connectivity index (χ1n) is 10.8. The summed E-state index contributed by atoms with van der Waals surface area (Å²) in [6.07, 6.45) is 0. The molecule has 164 valence electrons. The third kappa shape index (κ3) is 5.03. The fourth-order valence-electron chi connectivity index (χ4n) is 4.40. The van der Waals surface area contributed by atoms with Crippen LogP contribution in [0.15, 0.2) is 52.7 Å². The van der Waals surface area contributed by atoms with Gasteiger partial charge >= 0.3 is 0 Å². The minimum absolute atomic E-state index is 0.0649. The van der Waals surface area contributed by atoms with E-state index in [1.165, 1.54) is 74.2 Å². The van der Waals surface area contributed by atoms with Crippen molar-refractivity contribution in [3.05, 3.63) is 57.6 Å². The van der Waals surface area contributed by atoms with Crippen molar-refractivity contribution >= 4 is 34.4 Å². The van der Waals surface area contributed by atoms with E-state index in [9.17, 15) is 10.1 Å². The van der Waals surface area contributed by atoms with Crippen LogP contribution >= 0.6 is 11.6 Å². The van der Waals surface area contributed by atoms with E-state index in [-0.39, 0.29) is 10.7 Å². The zero-order valence-electron chi connectivity index (χ0n) is 17.8. The number of hydrogen-bond donors (Lipinski definition) is 0. The summed E-state index contributed by atoms with van der Waals surface area (Å²) in [5, 5.41) is 19.4. The summed E-state index contributed by atoms with van der Waals surface area (Å²) in [5.74, 6) is 0. The third-order valence-corrected chi connectivity index (χ3v) is 6.83. The molecule has 3 heterocycles. The molecule has 0 spiro atoms. The Hall–Kier alpha value is -2.55. The monoisotopic (exact) mass is 443 g/mol. The van der Waals surface area contributed by atoms with Gasteiger partial charge in [-0.05, 0) is 37.3 Å². The molecule has 0 aliphatic carbocycles. The Labute approximate surface area is 187 Å². The van der Waals surface area contributed by atoms with Gasteiger partial charge in [0.2, 0.25) is 0 Å². The Kier molecular flexibility index (Phi) is 6.50. The molecule has 0 N–H and O–H groups in total. The summed E-state index contributed by atoms with van der Waals surface area (Å²) < 4.78 is 1.26. The van der Waals surface area contributed by atoms with Crippen LogP contribution in [0, 0.1) is 10.1 Å². The molecule has 0 radical (unpaired) electrons. The van der Waals surface area contributed by atoms with Gasteiger partial charge in [-0.15, -0.1) is 5.11 Å². The molecule has 0 unspecified atom stereocenters. The zero-order chi connectivity index (χ0) is 21.8. The Morgan fingerprint density at radius 1 is 1.10 bits per heavy atom. The van der Waals surface area contributed by atoms with E-state index in [1.54, 1.807) is 0 Å². The van der Waals surface area contributed by atoms with Gasteiger partial charge in [-0.1, -0.05) is 11.6 Å². The Balaban J connectivity index is 1.38. The maximum atomic E-state index is 10.8. The van der Waals surface area contributed by atoms with E-state index in [0.29, 0.717) is 11.4 Å². The first-order chi connectivity index (χ1) is 15.0. The number of hydrogen-bond acceptors (Lipinski definition) is 6. The molecule has 0 atom stereocenters. The van der Waals surface area contributed by atoms with E-state index in [1.807, 2.05) is 12.1 Å². The summed E-state index contributed by atoms with van der Waals surface area (Å²) in [5.41, 5.74) is 2.24. The van der Waals surface area contributed by atoms with Crippen molar-refractivity contribution in [2.75, 3.05) is 63.8 Å². The number of piperazine rings is 3. The Morgan fingerprint density at radius 2 is 1.77 bits per heavy atom. The topological polar surface area (TPSA) is 74.3 Å². The second kappa shape index (κ2) is 9.30. The van der Waals surface area contributed by atoms with Crippen molar-refractivity contribution in [2.24, 2.45) is 10.2 Å². The summed E-state index contributed by atoms with van der Waals surface area (Å²) >= 11 is 6.08.